The van der Waals surface area contributed by atoms with E-state index < -0.39 is 33.6 Å². The number of nitro benzene ring substituents is 1. The lowest BCUT2D eigenvalue weighted by molar-refractivity contribution is -0.384. The number of rotatable bonds is 5. The Balaban J connectivity index is 2.04. The van der Waals surface area contributed by atoms with Crippen LogP contribution in [0.1, 0.15) is 29.6 Å². The Morgan fingerprint density at radius 1 is 1.57 bits per heavy atom. The maximum Gasteiger partial charge on any atom is 0.293 e. The summed E-state index contributed by atoms with van der Waals surface area (Å²) in [5, 5.41) is 13.3. The van der Waals surface area contributed by atoms with Crippen molar-refractivity contribution in [3.05, 3.63) is 33.6 Å². The first kappa shape index (κ1) is 15.2. The minimum atomic E-state index is -0.882. The molecule has 1 fully saturated rings. The van der Waals surface area contributed by atoms with E-state index in [2.05, 4.69) is 5.32 Å². The van der Waals surface area contributed by atoms with Crippen molar-refractivity contribution in [3.8, 4) is 0 Å². The van der Waals surface area contributed by atoms with Crippen LogP contribution < -0.4 is 11.1 Å². The summed E-state index contributed by atoms with van der Waals surface area (Å²) in [6.45, 7) is 1.01. The highest BCUT2D eigenvalue weighted by atomic mass is 19.1. The van der Waals surface area contributed by atoms with E-state index in [0.717, 1.165) is 25.0 Å². The smallest absolute Gasteiger partial charge is 0.293 e. The highest BCUT2D eigenvalue weighted by Gasteiger charge is 2.24. The SMILES string of the molecule is Nc1c([N+](=O)[O-])ccc(F)c1C(=O)NCCC1CCCO1. The molecule has 114 valence electrons. The quantitative estimate of drug-likeness (QED) is 0.488. The predicted octanol–water partition coefficient (Wildman–Crippen LogP) is 1.61. The van der Waals surface area contributed by atoms with Gasteiger partial charge in [-0.3, -0.25) is 14.9 Å². The molecule has 0 aliphatic carbocycles. The number of nitro groups is 1. The third-order valence-electron chi connectivity index (χ3n) is 3.37. The third kappa shape index (κ3) is 3.46. The first-order valence-electron chi connectivity index (χ1n) is 6.63. The molecule has 1 amide bonds. The van der Waals surface area contributed by atoms with Gasteiger partial charge in [-0.25, -0.2) is 4.39 Å². The monoisotopic (exact) mass is 297 g/mol. The molecule has 3 N–H and O–H groups in total. The molecule has 7 nitrogen and oxygen atoms in total. The van der Waals surface area contributed by atoms with Gasteiger partial charge in [0.2, 0.25) is 0 Å². The molecular formula is C13H16FN3O4. The number of benzene rings is 1. The Morgan fingerprint density at radius 2 is 2.33 bits per heavy atom. The van der Waals surface area contributed by atoms with Gasteiger partial charge in [-0.1, -0.05) is 0 Å². The summed E-state index contributed by atoms with van der Waals surface area (Å²) in [6, 6.07) is 1.80. The van der Waals surface area contributed by atoms with Crippen LogP contribution in [-0.4, -0.2) is 30.1 Å². The largest absolute Gasteiger partial charge is 0.392 e. The highest BCUT2D eigenvalue weighted by molar-refractivity contribution is 6.01. The van der Waals surface area contributed by atoms with Gasteiger partial charge in [0, 0.05) is 19.2 Å². The van der Waals surface area contributed by atoms with Crippen LogP contribution in [0, 0.1) is 15.9 Å². The number of carbonyl (C=O) groups is 1. The summed E-state index contributed by atoms with van der Waals surface area (Å²) in [7, 11) is 0. The van der Waals surface area contributed by atoms with E-state index >= 15 is 0 Å². The Morgan fingerprint density at radius 3 is 2.95 bits per heavy atom. The second kappa shape index (κ2) is 6.49. The summed E-state index contributed by atoms with van der Waals surface area (Å²) in [5.41, 5.74) is 4.07. The Hall–Kier alpha value is -2.22. The van der Waals surface area contributed by atoms with Crippen LogP contribution in [-0.2, 0) is 4.74 Å². The van der Waals surface area contributed by atoms with Crippen molar-refractivity contribution in [1.82, 2.24) is 5.32 Å². The molecule has 0 saturated carbocycles. The van der Waals surface area contributed by atoms with E-state index in [4.69, 9.17) is 10.5 Å². The number of amides is 1. The molecule has 2 rings (SSSR count). The van der Waals surface area contributed by atoms with Crippen LogP contribution in [0.2, 0.25) is 0 Å². The lowest BCUT2D eigenvalue weighted by Crippen LogP contribution is -2.28. The lowest BCUT2D eigenvalue weighted by Gasteiger charge is -2.11. The zero-order chi connectivity index (χ0) is 15.4. The van der Waals surface area contributed by atoms with Crippen molar-refractivity contribution in [2.24, 2.45) is 0 Å². The van der Waals surface area contributed by atoms with Crippen LogP contribution in [0.15, 0.2) is 12.1 Å². The van der Waals surface area contributed by atoms with Crippen molar-refractivity contribution < 1.29 is 18.8 Å². The first-order chi connectivity index (χ1) is 10.0. The number of hydrogen-bond donors (Lipinski definition) is 2. The van der Waals surface area contributed by atoms with Gasteiger partial charge in [-0.05, 0) is 25.3 Å². The van der Waals surface area contributed by atoms with Crippen molar-refractivity contribution >= 4 is 17.3 Å². The molecular weight excluding hydrogens is 281 g/mol. The number of hydrogen-bond acceptors (Lipinski definition) is 5. The number of nitrogen functional groups attached to an aromatic ring is 1. The van der Waals surface area contributed by atoms with Gasteiger partial charge >= 0.3 is 0 Å². The van der Waals surface area contributed by atoms with Crippen molar-refractivity contribution in [2.45, 2.75) is 25.4 Å². The fourth-order valence-corrected chi connectivity index (χ4v) is 2.28. The molecule has 1 heterocycles. The number of anilines is 1. The standard InChI is InChI=1S/C13H16FN3O4/c14-9-3-4-10(17(19)20)12(15)11(9)13(18)16-6-5-8-2-1-7-21-8/h3-4,8H,1-2,5-7,15H2,(H,16,18). The summed E-state index contributed by atoms with van der Waals surface area (Å²) >= 11 is 0. The topological polar surface area (TPSA) is 107 Å². The lowest BCUT2D eigenvalue weighted by atomic mass is 10.1. The molecule has 1 atom stereocenters. The van der Waals surface area contributed by atoms with Crippen molar-refractivity contribution in [2.75, 3.05) is 18.9 Å². The van der Waals surface area contributed by atoms with Gasteiger partial charge in [-0.15, -0.1) is 0 Å². The predicted molar refractivity (Wildman–Crippen MR) is 73.4 cm³/mol. The number of ether oxygens (including phenoxy) is 1. The van der Waals surface area contributed by atoms with Crippen molar-refractivity contribution in [1.29, 1.82) is 0 Å². The number of carbonyl (C=O) groups excluding carboxylic acids is 1. The summed E-state index contributed by atoms with van der Waals surface area (Å²) in [4.78, 5) is 21.9. The average molecular weight is 297 g/mol. The fourth-order valence-electron chi connectivity index (χ4n) is 2.28. The summed E-state index contributed by atoms with van der Waals surface area (Å²) in [6.07, 6.45) is 2.63. The zero-order valence-corrected chi connectivity index (χ0v) is 11.3. The zero-order valence-electron chi connectivity index (χ0n) is 11.3. The molecule has 0 bridgehead atoms. The second-order valence-corrected chi connectivity index (χ2v) is 4.79. The van der Waals surface area contributed by atoms with E-state index in [-0.39, 0.29) is 6.10 Å². The fraction of sp³-hybridized carbons (Fsp3) is 0.462. The van der Waals surface area contributed by atoms with Gasteiger partial charge in [0.05, 0.1) is 11.0 Å². The van der Waals surface area contributed by atoms with Crippen LogP contribution in [0.3, 0.4) is 0 Å². The third-order valence-corrected chi connectivity index (χ3v) is 3.37. The van der Waals surface area contributed by atoms with E-state index in [1.165, 1.54) is 0 Å². The maximum absolute atomic E-state index is 13.7. The molecule has 1 saturated heterocycles. The molecule has 21 heavy (non-hydrogen) atoms. The van der Waals surface area contributed by atoms with Gasteiger partial charge in [0.25, 0.3) is 11.6 Å². The maximum atomic E-state index is 13.7. The number of nitrogens with two attached hydrogens (primary N) is 1. The van der Waals surface area contributed by atoms with Gasteiger partial charge in [0.1, 0.15) is 17.1 Å². The molecule has 0 aromatic heterocycles. The Bertz CT molecular complexity index is 559. The molecule has 0 radical (unpaired) electrons. The Kier molecular flexibility index (Phi) is 4.69. The molecule has 0 spiro atoms. The van der Waals surface area contributed by atoms with Crippen molar-refractivity contribution in [3.63, 3.8) is 0 Å². The number of nitrogens with zero attached hydrogens (tertiary/aromatic N) is 1. The van der Waals surface area contributed by atoms with Gasteiger partial charge in [0.15, 0.2) is 0 Å². The average Bonchev–Trinajstić information content (AvgIpc) is 2.91. The Labute approximate surface area is 120 Å². The molecule has 8 heteroatoms. The van der Waals surface area contributed by atoms with E-state index in [1.807, 2.05) is 0 Å². The molecule has 1 aliphatic rings. The van der Waals surface area contributed by atoms with Crippen LogP contribution >= 0.6 is 0 Å². The molecule has 1 aliphatic heterocycles. The summed E-state index contributed by atoms with van der Waals surface area (Å²) in [5.74, 6) is -1.64. The van der Waals surface area contributed by atoms with E-state index in [0.29, 0.717) is 19.6 Å². The van der Waals surface area contributed by atoms with E-state index in [9.17, 15) is 19.3 Å². The molecule has 1 aromatic carbocycles. The number of halogens is 1. The normalized spacial score (nSPS) is 17.7. The second-order valence-electron chi connectivity index (χ2n) is 4.79. The highest BCUT2D eigenvalue weighted by Crippen LogP contribution is 2.27. The summed E-state index contributed by atoms with van der Waals surface area (Å²) < 4.78 is 19.1. The van der Waals surface area contributed by atoms with Crippen LogP contribution in [0.25, 0.3) is 0 Å². The minimum Gasteiger partial charge on any atom is -0.392 e. The molecule has 1 unspecified atom stereocenters. The van der Waals surface area contributed by atoms with Crippen LogP contribution in [0.5, 0.6) is 0 Å². The first-order valence-corrected chi connectivity index (χ1v) is 6.63. The number of nitrogens with one attached hydrogen (secondary N) is 1. The minimum absolute atomic E-state index is 0.0950. The van der Waals surface area contributed by atoms with Crippen LogP contribution in [0.4, 0.5) is 15.8 Å². The van der Waals surface area contributed by atoms with Gasteiger partial charge < -0.3 is 15.8 Å². The van der Waals surface area contributed by atoms with E-state index in [1.54, 1.807) is 0 Å². The molecule has 1 aromatic rings. The van der Waals surface area contributed by atoms with Gasteiger partial charge in [-0.2, -0.15) is 0 Å².